The largest absolute Gasteiger partial charge is 0.373 e. The lowest BCUT2D eigenvalue weighted by Crippen LogP contribution is -2.49. The molecule has 1 fully saturated rings. The first-order valence-electron chi connectivity index (χ1n) is 8.56. The van der Waals surface area contributed by atoms with Gasteiger partial charge < -0.3 is 15.4 Å². The van der Waals surface area contributed by atoms with Crippen molar-refractivity contribution in [3.05, 3.63) is 35.4 Å². The molecule has 1 saturated heterocycles. The lowest BCUT2D eigenvalue weighted by molar-refractivity contribution is -0.0265. The van der Waals surface area contributed by atoms with Crippen molar-refractivity contribution in [1.29, 1.82) is 0 Å². The Kier molecular flexibility index (Phi) is 6.05. The maximum absolute atomic E-state index is 6.08. The predicted octanol–water partition coefficient (Wildman–Crippen LogP) is 3.43. The minimum Gasteiger partial charge on any atom is -0.373 e. The highest BCUT2D eigenvalue weighted by Gasteiger charge is 2.27. The number of nitrogens with zero attached hydrogens (tertiary/aromatic N) is 1. The van der Waals surface area contributed by atoms with Crippen LogP contribution >= 0.6 is 0 Å². The average Bonchev–Trinajstić information content (AvgIpc) is 2.51. The van der Waals surface area contributed by atoms with Crippen molar-refractivity contribution >= 4 is 5.96 Å². The normalized spacial score (nSPS) is 22.7. The SMILES string of the molecule is CN=C(NCC1CCCOC1c1ccc(C)cc1)NC(C)(C)C. The molecule has 1 heterocycles. The second-order valence-electron chi connectivity index (χ2n) is 7.43. The van der Waals surface area contributed by atoms with Crippen LogP contribution in [-0.4, -0.2) is 31.7 Å². The summed E-state index contributed by atoms with van der Waals surface area (Å²) in [6.45, 7) is 10.3. The first-order valence-corrected chi connectivity index (χ1v) is 8.56. The Hall–Kier alpha value is -1.55. The molecule has 0 amide bonds. The Labute approximate surface area is 140 Å². The molecular formula is C19H31N3O. The van der Waals surface area contributed by atoms with Crippen molar-refractivity contribution in [2.45, 2.75) is 52.2 Å². The van der Waals surface area contributed by atoms with Crippen LogP contribution in [0, 0.1) is 12.8 Å². The van der Waals surface area contributed by atoms with Gasteiger partial charge in [0.15, 0.2) is 5.96 Å². The van der Waals surface area contributed by atoms with Crippen LogP contribution in [0.5, 0.6) is 0 Å². The minimum absolute atomic E-state index is 0.00126. The maximum Gasteiger partial charge on any atom is 0.191 e. The third-order valence-electron chi connectivity index (χ3n) is 4.10. The fourth-order valence-electron chi connectivity index (χ4n) is 2.94. The Morgan fingerprint density at radius 1 is 1.26 bits per heavy atom. The van der Waals surface area contributed by atoms with E-state index in [1.807, 2.05) is 7.05 Å². The number of nitrogens with one attached hydrogen (secondary N) is 2. The number of aliphatic imine (C=N–C) groups is 1. The van der Waals surface area contributed by atoms with Gasteiger partial charge in [0.2, 0.25) is 0 Å². The minimum atomic E-state index is 0.00126. The van der Waals surface area contributed by atoms with E-state index in [0.29, 0.717) is 5.92 Å². The fourth-order valence-corrected chi connectivity index (χ4v) is 2.94. The molecule has 0 aromatic heterocycles. The van der Waals surface area contributed by atoms with Crippen molar-refractivity contribution in [3.8, 4) is 0 Å². The highest BCUT2D eigenvalue weighted by atomic mass is 16.5. The van der Waals surface area contributed by atoms with Crippen LogP contribution in [0.15, 0.2) is 29.3 Å². The van der Waals surface area contributed by atoms with Gasteiger partial charge >= 0.3 is 0 Å². The van der Waals surface area contributed by atoms with Crippen LogP contribution in [0.3, 0.4) is 0 Å². The second-order valence-corrected chi connectivity index (χ2v) is 7.43. The van der Waals surface area contributed by atoms with Crippen LogP contribution in [-0.2, 0) is 4.74 Å². The molecule has 0 saturated carbocycles. The number of hydrogen-bond donors (Lipinski definition) is 2. The summed E-state index contributed by atoms with van der Waals surface area (Å²) in [5.74, 6) is 1.32. The molecule has 2 rings (SSSR count). The third-order valence-corrected chi connectivity index (χ3v) is 4.10. The Morgan fingerprint density at radius 2 is 1.96 bits per heavy atom. The first kappa shape index (κ1) is 17.8. The number of hydrogen-bond acceptors (Lipinski definition) is 2. The number of benzene rings is 1. The molecular weight excluding hydrogens is 286 g/mol. The zero-order valence-corrected chi connectivity index (χ0v) is 15.1. The molecule has 4 heteroatoms. The van der Waals surface area contributed by atoms with E-state index in [0.717, 1.165) is 25.5 Å². The quantitative estimate of drug-likeness (QED) is 0.663. The van der Waals surface area contributed by atoms with Gasteiger partial charge in [-0.1, -0.05) is 29.8 Å². The molecule has 128 valence electrons. The van der Waals surface area contributed by atoms with E-state index in [9.17, 15) is 0 Å². The third kappa shape index (κ3) is 5.54. The standard InChI is InChI=1S/C19H31N3O/c1-14-8-10-15(11-9-14)17-16(7-6-12-23-17)13-21-18(20-5)22-19(2,3)4/h8-11,16-17H,6-7,12-13H2,1-5H3,(H2,20,21,22). The van der Waals surface area contributed by atoms with Gasteiger partial charge in [-0.05, 0) is 46.1 Å². The Bertz CT molecular complexity index is 516. The van der Waals surface area contributed by atoms with Gasteiger partial charge in [0.1, 0.15) is 0 Å². The van der Waals surface area contributed by atoms with Gasteiger partial charge in [-0.25, -0.2) is 0 Å². The van der Waals surface area contributed by atoms with E-state index in [2.05, 4.69) is 67.6 Å². The summed E-state index contributed by atoms with van der Waals surface area (Å²) >= 11 is 0. The summed E-state index contributed by atoms with van der Waals surface area (Å²) < 4.78 is 6.08. The van der Waals surface area contributed by atoms with Gasteiger partial charge in [0.05, 0.1) is 6.10 Å². The maximum atomic E-state index is 6.08. The van der Waals surface area contributed by atoms with E-state index in [4.69, 9.17) is 4.74 Å². The molecule has 0 aliphatic carbocycles. The number of ether oxygens (including phenoxy) is 1. The van der Waals surface area contributed by atoms with Crippen molar-refractivity contribution in [3.63, 3.8) is 0 Å². The molecule has 2 N–H and O–H groups in total. The molecule has 2 atom stereocenters. The first-order chi connectivity index (χ1) is 10.9. The van der Waals surface area contributed by atoms with Gasteiger partial charge in [-0.2, -0.15) is 0 Å². The van der Waals surface area contributed by atoms with Crippen molar-refractivity contribution in [2.24, 2.45) is 10.9 Å². The molecule has 2 unspecified atom stereocenters. The predicted molar refractivity (Wildman–Crippen MR) is 96.8 cm³/mol. The van der Waals surface area contributed by atoms with E-state index in [1.165, 1.54) is 17.5 Å². The summed E-state index contributed by atoms with van der Waals surface area (Å²) in [6.07, 6.45) is 2.47. The summed E-state index contributed by atoms with van der Waals surface area (Å²) in [4.78, 5) is 4.32. The second kappa shape index (κ2) is 7.82. The Balaban J connectivity index is 2.00. The van der Waals surface area contributed by atoms with Gasteiger partial charge in [-0.3, -0.25) is 4.99 Å². The van der Waals surface area contributed by atoms with Crippen LogP contribution < -0.4 is 10.6 Å². The molecule has 4 nitrogen and oxygen atoms in total. The smallest absolute Gasteiger partial charge is 0.191 e. The van der Waals surface area contributed by atoms with Gasteiger partial charge in [0, 0.05) is 31.7 Å². The molecule has 0 spiro atoms. The van der Waals surface area contributed by atoms with E-state index in [1.54, 1.807) is 0 Å². The number of rotatable bonds is 3. The lowest BCUT2D eigenvalue weighted by atomic mass is 9.89. The van der Waals surface area contributed by atoms with E-state index in [-0.39, 0.29) is 11.6 Å². The van der Waals surface area contributed by atoms with Gasteiger partial charge in [-0.15, -0.1) is 0 Å². The zero-order valence-electron chi connectivity index (χ0n) is 15.1. The zero-order chi connectivity index (χ0) is 16.9. The molecule has 0 bridgehead atoms. The van der Waals surface area contributed by atoms with Crippen molar-refractivity contribution in [1.82, 2.24) is 10.6 Å². The molecule has 1 aliphatic heterocycles. The monoisotopic (exact) mass is 317 g/mol. The molecule has 1 aromatic carbocycles. The highest BCUT2D eigenvalue weighted by molar-refractivity contribution is 5.80. The fraction of sp³-hybridized carbons (Fsp3) is 0.632. The molecule has 23 heavy (non-hydrogen) atoms. The summed E-state index contributed by atoms with van der Waals surface area (Å²) in [7, 11) is 1.82. The van der Waals surface area contributed by atoms with Crippen LogP contribution in [0.25, 0.3) is 0 Å². The molecule has 1 aromatic rings. The van der Waals surface area contributed by atoms with Gasteiger partial charge in [0.25, 0.3) is 0 Å². The highest BCUT2D eigenvalue weighted by Crippen LogP contribution is 2.33. The molecule has 1 aliphatic rings. The van der Waals surface area contributed by atoms with Crippen LogP contribution in [0.2, 0.25) is 0 Å². The van der Waals surface area contributed by atoms with E-state index < -0.39 is 0 Å². The number of aryl methyl sites for hydroxylation is 1. The number of guanidine groups is 1. The lowest BCUT2D eigenvalue weighted by Gasteiger charge is -2.33. The summed E-state index contributed by atoms with van der Waals surface area (Å²) in [6, 6.07) is 8.72. The van der Waals surface area contributed by atoms with E-state index >= 15 is 0 Å². The summed E-state index contributed by atoms with van der Waals surface area (Å²) in [5.41, 5.74) is 2.57. The topological polar surface area (TPSA) is 45.7 Å². The van der Waals surface area contributed by atoms with Crippen LogP contribution in [0.4, 0.5) is 0 Å². The Morgan fingerprint density at radius 3 is 2.57 bits per heavy atom. The van der Waals surface area contributed by atoms with Crippen molar-refractivity contribution in [2.75, 3.05) is 20.2 Å². The van der Waals surface area contributed by atoms with Crippen LogP contribution in [0.1, 0.15) is 50.8 Å². The molecule has 0 radical (unpaired) electrons. The van der Waals surface area contributed by atoms with Crippen molar-refractivity contribution < 1.29 is 4.74 Å². The average molecular weight is 317 g/mol. The summed E-state index contributed by atoms with van der Waals surface area (Å²) in [5, 5.41) is 6.87.